The van der Waals surface area contributed by atoms with Crippen LogP contribution in [0.5, 0.6) is 0 Å². The fourth-order valence-corrected chi connectivity index (χ4v) is 3.11. The number of amides is 1. The lowest BCUT2D eigenvalue weighted by atomic mass is 10.2. The molecule has 1 amide bonds. The number of carboxylic acids is 1. The van der Waals surface area contributed by atoms with Crippen molar-refractivity contribution >= 4 is 55.7 Å². The van der Waals surface area contributed by atoms with Gasteiger partial charge in [0.2, 0.25) is 0 Å². The highest BCUT2D eigenvalue weighted by Gasteiger charge is 2.16. The molecule has 0 fully saturated rings. The van der Waals surface area contributed by atoms with Gasteiger partial charge in [-0.05, 0) is 52.7 Å². The second-order valence-electron chi connectivity index (χ2n) is 4.01. The van der Waals surface area contributed by atoms with Gasteiger partial charge >= 0.3 is 5.97 Å². The van der Waals surface area contributed by atoms with Crippen molar-refractivity contribution in [3.63, 3.8) is 0 Å². The molecule has 0 aliphatic heterocycles. The molecule has 7 heteroatoms. The minimum Gasteiger partial charge on any atom is -0.477 e. The number of nitrogens with one attached hydrogen (secondary N) is 1. The predicted molar refractivity (Wildman–Crippen MR) is 83.1 cm³/mol. The number of aromatic carboxylic acids is 1. The Labute approximate surface area is 132 Å². The largest absolute Gasteiger partial charge is 0.477 e. The lowest BCUT2D eigenvalue weighted by molar-refractivity contribution is 0.0701. The van der Waals surface area contributed by atoms with Crippen LogP contribution in [-0.4, -0.2) is 17.0 Å². The number of carbonyl (C=O) groups excluding carboxylic acids is 1. The van der Waals surface area contributed by atoms with Gasteiger partial charge in [0.1, 0.15) is 4.88 Å². The first kappa shape index (κ1) is 15.0. The summed E-state index contributed by atoms with van der Waals surface area (Å²) < 4.78 is 0.617. The van der Waals surface area contributed by atoms with E-state index in [1.165, 1.54) is 0 Å². The lowest BCUT2D eigenvalue weighted by Crippen LogP contribution is -2.11. The third-order valence-corrected chi connectivity index (χ3v) is 4.59. The van der Waals surface area contributed by atoms with E-state index in [-0.39, 0.29) is 10.8 Å². The van der Waals surface area contributed by atoms with Crippen molar-refractivity contribution in [2.45, 2.75) is 6.92 Å². The van der Waals surface area contributed by atoms with Gasteiger partial charge in [0.05, 0.1) is 10.6 Å². The fourth-order valence-electron chi connectivity index (χ4n) is 1.61. The molecule has 104 valence electrons. The number of halogens is 2. The van der Waals surface area contributed by atoms with Crippen molar-refractivity contribution < 1.29 is 14.7 Å². The first-order valence-corrected chi connectivity index (χ1v) is 7.47. The van der Waals surface area contributed by atoms with Crippen LogP contribution in [0.3, 0.4) is 0 Å². The Morgan fingerprint density at radius 1 is 1.35 bits per heavy atom. The molecule has 20 heavy (non-hydrogen) atoms. The van der Waals surface area contributed by atoms with Gasteiger partial charge in [-0.2, -0.15) is 0 Å². The Hall–Kier alpha value is -1.37. The van der Waals surface area contributed by atoms with E-state index >= 15 is 0 Å². The second kappa shape index (κ2) is 5.95. The molecule has 1 heterocycles. The van der Waals surface area contributed by atoms with E-state index in [9.17, 15) is 9.59 Å². The Morgan fingerprint density at radius 2 is 2.05 bits per heavy atom. The van der Waals surface area contributed by atoms with Gasteiger partial charge in [0.15, 0.2) is 0 Å². The number of carboxylic acid groups (broad SMARTS) is 1. The van der Waals surface area contributed by atoms with Crippen LogP contribution in [0.1, 0.15) is 25.6 Å². The molecule has 0 radical (unpaired) electrons. The molecule has 2 N–H and O–H groups in total. The first-order valence-electron chi connectivity index (χ1n) is 5.48. The average Bonchev–Trinajstić information content (AvgIpc) is 2.73. The van der Waals surface area contributed by atoms with Gasteiger partial charge in [-0.25, -0.2) is 4.79 Å². The van der Waals surface area contributed by atoms with Crippen LogP contribution < -0.4 is 5.32 Å². The van der Waals surface area contributed by atoms with Crippen molar-refractivity contribution in [2.75, 3.05) is 5.32 Å². The second-order valence-corrected chi connectivity index (χ2v) is 6.35. The topological polar surface area (TPSA) is 66.4 Å². The highest BCUT2D eigenvalue weighted by atomic mass is 79.9. The highest BCUT2D eigenvalue weighted by Crippen LogP contribution is 2.28. The number of benzene rings is 1. The molecule has 0 saturated carbocycles. The fraction of sp³-hybridized carbons (Fsp3) is 0.0769. The highest BCUT2D eigenvalue weighted by molar-refractivity contribution is 9.10. The van der Waals surface area contributed by atoms with Gasteiger partial charge in [-0.3, -0.25) is 4.79 Å². The number of rotatable bonds is 3. The van der Waals surface area contributed by atoms with Crippen LogP contribution >= 0.6 is 38.9 Å². The van der Waals surface area contributed by atoms with E-state index < -0.39 is 5.97 Å². The van der Waals surface area contributed by atoms with Crippen LogP contribution in [0.2, 0.25) is 5.02 Å². The van der Waals surface area contributed by atoms with Crippen LogP contribution in [0.15, 0.2) is 28.7 Å². The Balaban J connectivity index is 2.26. The van der Waals surface area contributed by atoms with Gasteiger partial charge in [0.25, 0.3) is 5.91 Å². The zero-order valence-corrected chi connectivity index (χ0v) is 13.4. The number of anilines is 1. The van der Waals surface area contributed by atoms with Gasteiger partial charge in [-0.15, -0.1) is 11.3 Å². The van der Waals surface area contributed by atoms with Crippen molar-refractivity contribution in [2.24, 2.45) is 0 Å². The SMILES string of the molecule is Cc1cc(NC(=O)c2cc(Cl)ccc2Br)sc1C(=O)O. The lowest BCUT2D eigenvalue weighted by Gasteiger charge is -2.05. The number of hydrogen-bond acceptors (Lipinski definition) is 3. The molecule has 4 nitrogen and oxygen atoms in total. The van der Waals surface area contributed by atoms with Crippen molar-refractivity contribution in [1.82, 2.24) is 0 Å². The van der Waals surface area contributed by atoms with E-state index in [0.29, 0.717) is 25.6 Å². The van der Waals surface area contributed by atoms with Gasteiger partial charge in [0, 0.05) is 9.50 Å². The van der Waals surface area contributed by atoms with Gasteiger partial charge in [-0.1, -0.05) is 11.6 Å². The third-order valence-electron chi connectivity index (χ3n) is 2.52. The van der Waals surface area contributed by atoms with Crippen LogP contribution in [0, 0.1) is 6.92 Å². The monoisotopic (exact) mass is 373 g/mol. The van der Waals surface area contributed by atoms with Crippen molar-refractivity contribution in [1.29, 1.82) is 0 Å². The quantitative estimate of drug-likeness (QED) is 0.835. The molecule has 0 atom stereocenters. The molecular formula is C13H9BrClNO3S. The minimum atomic E-state index is -1.00. The van der Waals surface area contributed by atoms with Crippen molar-refractivity contribution in [3.8, 4) is 0 Å². The Morgan fingerprint density at radius 3 is 2.65 bits per heavy atom. The number of aryl methyl sites for hydroxylation is 1. The number of hydrogen-bond donors (Lipinski definition) is 2. The molecule has 1 aromatic carbocycles. The minimum absolute atomic E-state index is 0.213. The predicted octanol–water partition coefficient (Wildman–Crippen LogP) is 4.42. The van der Waals surface area contributed by atoms with Crippen LogP contribution in [0.4, 0.5) is 5.00 Å². The molecule has 0 aliphatic carbocycles. The standard InChI is InChI=1S/C13H9BrClNO3S/c1-6-4-10(20-11(6)13(18)19)16-12(17)8-5-7(15)2-3-9(8)14/h2-5H,1H3,(H,16,17)(H,18,19). The van der Waals surface area contributed by atoms with E-state index in [1.54, 1.807) is 31.2 Å². The zero-order chi connectivity index (χ0) is 14.9. The summed E-state index contributed by atoms with van der Waals surface area (Å²) in [5.74, 6) is -1.35. The molecular weight excluding hydrogens is 366 g/mol. The van der Waals surface area contributed by atoms with Crippen molar-refractivity contribution in [3.05, 3.63) is 49.8 Å². The maximum Gasteiger partial charge on any atom is 0.346 e. The first-order chi connectivity index (χ1) is 9.38. The summed E-state index contributed by atoms with van der Waals surface area (Å²) in [6, 6.07) is 6.52. The maximum absolute atomic E-state index is 12.1. The molecule has 0 aliphatic rings. The number of thiophene rings is 1. The van der Waals surface area contributed by atoms with Crippen LogP contribution in [0.25, 0.3) is 0 Å². The van der Waals surface area contributed by atoms with E-state index in [4.69, 9.17) is 16.7 Å². The molecule has 0 bridgehead atoms. The van der Waals surface area contributed by atoms with E-state index in [0.717, 1.165) is 11.3 Å². The normalized spacial score (nSPS) is 10.3. The van der Waals surface area contributed by atoms with E-state index in [1.807, 2.05) is 0 Å². The van der Waals surface area contributed by atoms with Gasteiger partial charge < -0.3 is 10.4 Å². The molecule has 2 aromatic rings. The summed E-state index contributed by atoms with van der Waals surface area (Å²) in [6.45, 7) is 1.69. The average molecular weight is 375 g/mol. The number of carbonyl (C=O) groups is 2. The summed E-state index contributed by atoms with van der Waals surface area (Å²) in [5, 5.41) is 12.6. The zero-order valence-electron chi connectivity index (χ0n) is 10.2. The Bertz CT molecular complexity index is 699. The molecule has 0 saturated heterocycles. The molecule has 1 aromatic heterocycles. The van der Waals surface area contributed by atoms with Crippen LogP contribution in [-0.2, 0) is 0 Å². The Kier molecular flexibility index (Phi) is 4.47. The smallest absolute Gasteiger partial charge is 0.346 e. The molecule has 2 rings (SSSR count). The van der Waals surface area contributed by atoms with E-state index in [2.05, 4.69) is 21.2 Å². The summed E-state index contributed by atoms with van der Waals surface area (Å²) in [5.41, 5.74) is 1.00. The maximum atomic E-state index is 12.1. The molecule has 0 spiro atoms. The summed E-state index contributed by atoms with van der Waals surface area (Å²) in [7, 11) is 0. The summed E-state index contributed by atoms with van der Waals surface area (Å²) in [4.78, 5) is 23.3. The summed E-state index contributed by atoms with van der Waals surface area (Å²) in [6.07, 6.45) is 0. The summed E-state index contributed by atoms with van der Waals surface area (Å²) >= 11 is 10.2. The third kappa shape index (κ3) is 3.20. The molecule has 0 unspecified atom stereocenters.